The van der Waals surface area contributed by atoms with E-state index in [1.807, 2.05) is 0 Å². The van der Waals surface area contributed by atoms with Crippen LogP contribution in [0.4, 0.5) is 39.5 Å². The van der Waals surface area contributed by atoms with Gasteiger partial charge in [-0.05, 0) is 18.6 Å². The minimum absolute atomic E-state index is 0.0158. The normalized spacial score (nSPS) is 12.6. The Morgan fingerprint density at radius 3 is 1.60 bits per heavy atom. The maximum Gasteiger partial charge on any atom is 0.345 e. The molecule has 0 heterocycles. The van der Waals surface area contributed by atoms with Crippen molar-refractivity contribution in [2.24, 2.45) is 0 Å². The number of halogens is 10. The SMILES string of the molecule is Cc1ccc(C(F)(F)C(F)(F)c2c(F)c(F)c(F)c(F)c2F)cc1Br. The third-order valence-corrected chi connectivity index (χ3v) is 4.31. The molecule has 2 aromatic carbocycles. The van der Waals surface area contributed by atoms with Gasteiger partial charge in [-0.25, -0.2) is 22.0 Å². The maximum atomic E-state index is 14.2. The second-order valence-corrected chi connectivity index (χ2v) is 5.91. The average Bonchev–Trinajstić information content (AvgIpc) is 2.53. The summed E-state index contributed by atoms with van der Waals surface area (Å²) in [5, 5.41) is 0. The highest BCUT2D eigenvalue weighted by molar-refractivity contribution is 9.10. The molecule has 0 spiro atoms. The Balaban J connectivity index is 2.75. The molecule has 0 aliphatic heterocycles. The van der Waals surface area contributed by atoms with E-state index >= 15 is 0 Å². The van der Waals surface area contributed by atoms with Crippen LogP contribution in [-0.2, 0) is 11.8 Å². The fraction of sp³-hybridized carbons (Fsp3) is 0.200. The molecule has 2 aromatic rings. The Hall–Kier alpha value is -1.71. The number of aryl methyl sites for hydroxylation is 1. The summed E-state index contributed by atoms with van der Waals surface area (Å²) in [6.45, 7) is 1.45. The maximum absolute atomic E-state index is 14.2. The number of alkyl halides is 4. The lowest BCUT2D eigenvalue weighted by atomic mass is 9.94. The summed E-state index contributed by atoms with van der Waals surface area (Å²) in [6, 6.07) is 2.14. The van der Waals surface area contributed by atoms with Crippen molar-refractivity contribution in [2.45, 2.75) is 18.8 Å². The summed E-state index contributed by atoms with van der Waals surface area (Å²) in [7, 11) is 0. The van der Waals surface area contributed by atoms with Crippen LogP contribution in [0.1, 0.15) is 16.7 Å². The van der Waals surface area contributed by atoms with E-state index in [0.29, 0.717) is 17.7 Å². The van der Waals surface area contributed by atoms with Crippen LogP contribution in [0.3, 0.4) is 0 Å². The summed E-state index contributed by atoms with van der Waals surface area (Å²) in [6.07, 6.45) is 0. The first-order valence-corrected chi connectivity index (χ1v) is 7.17. The van der Waals surface area contributed by atoms with Crippen LogP contribution in [0.25, 0.3) is 0 Å². The molecule has 25 heavy (non-hydrogen) atoms. The predicted octanol–water partition coefficient (Wildman–Crippen LogP) is 6.34. The van der Waals surface area contributed by atoms with Gasteiger partial charge in [-0.2, -0.15) is 17.6 Å². The number of rotatable bonds is 3. The summed E-state index contributed by atoms with van der Waals surface area (Å²) < 4.78 is 123. The molecule has 0 fully saturated rings. The Morgan fingerprint density at radius 2 is 1.16 bits per heavy atom. The molecule has 0 atom stereocenters. The molecule has 0 aliphatic carbocycles. The van der Waals surface area contributed by atoms with Crippen molar-refractivity contribution in [3.05, 3.63) is 68.4 Å². The van der Waals surface area contributed by atoms with Crippen molar-refractivity contribution in [3.8, 4) is 0 Å². The molecule has 0 saturated carbocycles. The molecule has 0 radical (unpaired) electrons. The van der Waals surface area contributed by atoms with Gasteiger partial charge < -0.3 is 0 Å². The van der Waals surface area contributed by atoms with E-state index in [0.717, 1.165) is 6.07 Å². The Labute approximate surface area is 143 Å². The van der Waals surface area contributed by atoms with Crippen LogP contribution in [0.15, 0.2) is 22.7 Å². The Kier molecular flexibility index (Phi) is 4.88. The van der Waals surface area contributed by atoms with Gasteiger partial charge in [0.15, 0.2) is 23.3 Å². The Morgan fingerprint density at radius 1 is 0.720 bits per heavy atom. The summed E-state index contributed by atoms with van der Waals surface area (Å²) in [5.41, 5.74) is -3.89. The lowest BCUT2D eigenvalue weighted by Crippen LogP contribution is -2.38. The molecule has 0 amide bonds. The van der Waals surface area contributed by atoms with Gasteiger partial charge in [-0.3, -0.25) is 0 Å². The van der Waals surface area contributed by atoms with E-state index in [4.69, 9.17) is 0 Å². The topological polar surface area (TPSA) is 0 Å². The largest absolute Gasteiger partial charge is 0.345 e. The zero-order chi connectivity index (χ0) is 19.3. The fourth-order valence-corrected chi connectivity index (χ4v) is 2.39. The average molecular weight is 437 g/mol. The monoisotopic (exact) mass is 436 g/mol. The van der Waals surface area contributed by atoms with Crippen molar-refractivity contribution >= 4 is 15.9 Å². The first-order valence-electron chi connectivity index (χ1n) is 6.38. The molecule has 2 rings (SSSR count). The van der Waals surface area contributed by atoms with Gasteiger partial charge in [-0.1, -0.05) is 28.1 Å². The smallest absolute Gasteiger partial charge is 0.203 e. The van der Waals surface area contributed by atoms with Gasteiger partial charge in [0, 0.05) is 10.0 Å². The van der Waals surface area contributed by atoms with Crippen LogP contribution in [0, 0.1) is 36.0 Å². The van der Waals surface area contributed by atoms with Gasteiger partial charge in [0.05, 0.1) is 0 Å². The third-order valence-electron chi connectivity index (χ3n) is 3.45. The molecule has 0 aromatic heterocycles. The number of hydrogen-bond donors (Lipinski definition) is 0. The van der Waals surface area contributed by atoms with Gasteiger partial charge in [-0.15, -0.1) is 0 Å². The van der Waals surface area contributed by atoms with E-state index in [2.05, 4.69) is 15.9 Å². The van der Waals surface area contributed by atoms with E-state index in [1.165, 1.54) is 6.92 Å². The standard InChI is InChI=1S/C15H6BrF9/c1-5-2-3-6(4-7(5)16)14(22,23)15(24,25)8-9(17)11(19)13(21)12(20)10(8)18/h2-4H,1H3. The highest BCUT2D eigenvalue weighted by Gasteiger charge is 2.62. The summed E-state index contributed by atoms with van der Waals surface area (Å²) in [5.74, 6) is -25.2. The second-order valence-electron chi connectivity index (χ2n) is 5.06. The molecule has 0 nitrogen and oxygen atoms in total. The van der Waals surface area contributed by atoms with E-state index in [9.17, 15) is 39.5 Å². The first kappa shape index (κ1) is 19.6. The zero-order valence-electron chi connectivity index (χ0n) is 12.0. The van der Waals surface area contributed by atoms with Crippen molar-refractivity contribution in [1.82, 2.24) is 0 Å². The van der Waals surface area contributed by atoms with Crippen LogP contribution < -0.4 is 0 Å². The molecular weight excluding hydrogens is 431 g/mol. The van der Waals surface area contributed by atoms with Crippen LogP contribution in [0.5, 0.6) is 0 Å². The molecular formula is C15H6BrF9. The van der Waals surface area contributed by atoms with Crippen LogP contribution in [0.2, 0.25) is 0 Å². The van der Waals surface area contributed by atoms with Crippen molar-refractivity contribution in [3.63, 3.8) is 0 Å². The minimum Gasteiger partial charge on any atom is -0.203 e. The molecule has 136 valence electrons. The first-order chi connectivity index (χ1) is 11.3. The van der Waals surface area contributed by atoms with Crippen LogP contribution >= 0.6 is 15.9 Å². The predicted molar refractivity (Wildman–Crippen MR) is 72.9 cm³/mol. The second kappa shape index (κ2) is 6.22. The lowest BCUT2D eigenvalue weighted by Gasteiger charge is -2.28. The van der Waals surface area contributed by atoms with E-state index < -0.39 is 52.1 Å². The van der Waals surface area contributed by atoms with Gasteiger partial charge in [0.25, 0.3) is 0 Å². The van der Waals surface area contributed by atoms with Gasteiger partial charge >= 0.3 is 11.8 Å². The fourth-order valence-electron chi connectivity index (χ4n) is 2.01. The van der Waals surface area contributed by atoms with Crippen molar-refractivity contribution in [1.29, 1.82) is 0 Å². The summed E-state index contributed by atoms with van der Waals surface area (Å²) >= 11 is 2.83. The molecule has 0 bridgehead atoms. The zero-order valence-corrected chi connectivity index (χ0v) is 13.6. The van der Waals surface area contributed by atoms with Crippen molar-refractivity contribution < 1.29 is 39.5 Å². The highest BCUT2D eigenvalue weighted by Crippen LogP contribution is 2.52. The van der Waals surface area contributed by atoms with Gasteiger partial charge in [0.2, 0.25) is 5.82 Å². The van der Waals surface area contributed by atoms with E-state index in [1.54, 1.807) is 0 Å². The summed E-state index contributed by atoms with van der Waals surface area (Å²) in [4.78, 5) is 0. The molecule has 0 N–H and O–H groups in total. The highest BCUT2D eigenvalue weighted by atomic mass is 79.9. The van der Waals surface area contributed by atoms with Crippen LogP contribution in [-0.4, -0.2) is 0 Å². The Bertz CT molecular complexity index is 816. The molecule has 0 unspecified atom stereocenters. The third kappa shape index (κ3) is 2.90. The molecule has 0 saturated heterocycles. The molecule has 10 heteroatoms. The van der Waals surface area contributed by atoms with Crippen molar-refractivity contribution in [2.75, 3.05) is 0 Å². The minimum atomic E-state index is -5.72. The lowest BCUT2D eigenvalue weighted by molar-refractivity contribution is -0.227. The quantitative estimate of drug-likeness (QED) is 0.299. The number of hydrogen-bond acceptors (Lipinski definition) is 0. The van der Waals surface area contributed by atoms with E-state index in [-0.39, 0.29) is 4.47 Å². The molecule has 0 aliphatic rings. The number of benzene rings is 2. The van der Waals surface area contributed by atoms with Gasteiger partial charge in [0.1, 0.15) is 5.56 Å².